The summed E-state index contributed by atoms with van der Waals surface area (Å²) >= 11 is 0. The van der Waals surface area contributed by atoms with Gasteiger partial charge >= 0.3 is 0 Å². The largest absolute Gasteiger partial charge is 0.455 e. The Morgan fingerprint density at radius 1 is 1.06 bits per heavy atom. The molecule has 1 aromatic heterocycles. The number of fused-ring (bicyclic) bond motifs is 1. The van der Waals surface area contributed by atoms with Gasteiger partial charge in [-0.3, -0.25) is 0 Å². The van der Waals surface area contributed by atoms with Crippen LogP contribution in [0.15, 0.2) is 52.9 Å². The highest BCUT2D eigenvalue weighted by molar-refractivity contribution is 5.90. The van der Waals surface area contributed by atoms with E-state index in [1.54, 1.807) is 18.2 Å². The van der Waals surface area contributed by atoms with Crippen molar-refractivity contribution in [3.63, 3.8) is 0 Å². The van der Waals surface area contributed by atoms with Crippen LogP contribution >= 0.6 is 0 Å². The maximum Gasteiger partial charge on any atom is 0.153 e. The third-order valence-corrected chi connectivity index (χ3v) is 2.79. The number of halogens is 1. The zero-order valence-electron chi connectivity index (χ0n) is 9.35. The molecule has 0 unspecified atom stereocenters. The zero-order chi connectivity index (χ0) is 12.5. The molecule has 3 aromatic rings. The Labute approximate surface area is 103 Å². The van der Waals surface area contributed by atoms with Crippen molar-refractivity contribution in [2.24, 2.45) is 0 Å². The normalized spacial score (nSPS) is 10.4. The van der Waals surface area contributed by atoms with Gasteiger partial charge in [-0.15, -0.1) is 0 Å². The molecule has 18 heavy (non-hydrogen) atoms. The number of nitrogens with zero attached hydrogens (tertiary/aromatic N) is 1. The lowest BCUT2D eigenvalue weighted by Gasteiger charge is -1.97. The monoisotopic (exact) mass is 237 g/mol. The highest BCUT2D eigenvalue weighted by atomic mass is 19.1. The van der Waals surface area contributed by atoms with Gasteiger partial charge in [0.05, 0.1) is 0 Å². The van der Waals surface area contributed by atoms with Crippen molar-refractivity contribution in [2.45, 2.75) is 0 Å². The van der Waals surface area contributed by atoms with Gasteiger partial charge in [0.15, 0.2) is 5.76 Å². The SMILES string of the molecule is N#Cc1c(-c2cccc(F)c2)oc2ccccc12. The number of para-hydroxylation sites is 1. The van der Waals surface area contributed by atoms with E-state index in [0.29, 0.717) is 22.5 Å². The Morgan fingerprint density at radius 2 is 1.89 bits per heavy atom. The molecule has 0 aliphatic carbocycles. The Bertz CT molecular complexity index is 768. The second kappa shape index (κ2) is 4.01. The smallest absolute Gasteiger partial charge is 0.153 e. The molecule has 3 rings (SSSR count). The van der Waals surface area contributed by atoms with Gasteiger partial charge in [0, 0.05) is 10.9 Å². The molecule has 0 spiro atoms. The number of benzene rings is 2. The van der Waals surface area contributed by atoms with E-state index in [0.717, 1.165) is 5.39 Å². The Hall–Kier alpha value is -2.60. The summed E-state index contributed by atoms with van der Waals surface area (Å²) in [5.41, 5.74) is 1.65. The van der Waals surface area contributed by atoms with E-state index in [-0.39, 0.29) is 5.82 Å². The molecule has 2 nitrogen and oxygen atoms in total. The first kappa shape index (κ1) is 10.5. The average molecular weight is 237 g/mol. The first-order valence-corrected chi connectivity index (χ1v) is 5.47. The summed E-state index contributed by atoms with van der Waals surface area (Å²) in [4.78, 5) is 0. The predicted molar refractivity (Wildman–Crippen MR) is 66.3 cm³/mol. The van der Waals surface area contributed by atoms with E-state index in [1.165, 1.54) is 12.1 Å². The molecular weight excluding hydrogens is 229 g/mol. The molecule has 0 aliphatic rings. The van der Waals surface area contributed by atoms with Crippen molar-refractivity contribution < 1.29 is 8.81 Å². The lowest BCUT2D eigenvalue weighted by Crippen LogP contribution is -1.80. The zero-order valence-corrected chi connectivity index (χ0v) is 9.35. The first-order chi connectivity index (χ1) is 8.79. The summed E-state index contributed by atoms with van der Waals surface area (Å²) < 4.78 is 18.9. The lowest BCUT2D eigenvalue weighted by atomic mass is 10.1. The van der Waals surface area contributed by atoms with Crippen LogP contribution in [0.4, 0.5) is 4.39 Å². The van der Waals surface area contributed by atoms with Gasteiger partial charge in [-0.25, -0.2) is 4.39 Å². The van der Waals surface area contributed by atoms with Gasteiger partial charge in [-0.1, -0.05) is 24.3 Å². The minimum Gasteiger partial charge on any atom is -0.455 e. The topological polar surface area (TPSA) is 36.9 Å². The van der Waals surface area contributed by atoms with E-state index >= 15 is 0 Å². The molecule has 0 atom stereocenters. The van der Waals surface area contributed by atoms with Crippen LogP contribution < -0.4 is 0 Å². The minimum atomic E-state index is -0.350. The summed E-state index contributed by atoms with van der Waals surface area (Å²) in [7, 11) is 0. The number of rotatable bonds is 1. The minimum absolute atomic E-state index is 0.350. The van der Waals surface area contributed by atoms with Crippen LogP contribution in [-0.4, -0.2) is 0 Å². The number of nitriles is 1. The molecule has 0 saturated heterocycles. The van der Waals surface area contributed by atoms with Crippen LogP contribution in [-0.2, 0) is 0 Å². The standard InChI is InChI=1S/C15H8FNO/c16-11-5-3-4-10(8-11)15-13(9-17)12-6-1-2-7-14(12)18-15/h1-8H. The van der Waals surface area contributed by atoms with Crippen LogP contribution in [0.25, 0.3) is 22.3 Å². The van der Waals surface area contributed by atoms with Crippen molar-refractivity contribution in [3.8, 4) is 17.4 Å². The van der Waals surface area contributed by atoms with Crippen molar-refractivity contribution in [3.05, 3.63) is 59.9 Å². The average Bonchev–Trinajstić information content (AvgIpc) is 2.77. The maximum absolute atomic E-state index is 13.2. The van der Waals surface area contributed by atoms with E-state index in [4.69, 9.17) is 4.42 Å². The van der Waals surface area contributed by atoms with Gasteiger partial charge in [0.25, 0.3) is 0 Å². The van der Waals surface area contributed by atoms with Crippen LogP contribution in [0.5, 0.6) is 0 Å². The van der Waals surface area contributed by atoms with Crippen molar-refractivity contribution in [1.82, 2.24) is 0 Å². The van der Waals surface area contributed by atoms with Crippen molar-refractivity contribution in [1.29, 1.82) is 5.26 Å². The Balaban J connectivity index is 2.33. The van der Waals surface area contributed by atoms with E-state index in [2.05, 4.69) is 6.07 Å². The first-order valence-electron chi connectivity index (χ1n) is 5.47. The molecule has 1 heterocycles. The molecule has 0 radical (unpaired) electrons. The highest BCUT2D eigenvalue weighted by Crippen LogP contribution is 2.32. The molecule has 0 fully saturated rings. The Kier molecular flexibility index (Phi) is 2.35. The molecule has 86 valence electrons. The van der Waals surface area contributed by atoms with Gasteiger partial charge in [0.1, 0.15) is 23.0 Å². The van der Waals surface area contributed by atoms with Gasteiger partial charge in [-0.2, -0.15) is 5.26 Å². The molecular formula is C15H8FNO. The number of hydrogen-bond acceptors (Lipinski definition) is 2. The van der Waals surface area contributed by atoms with Crippen LogP contribution in [0.1, 0.15) is 5.56 Å². The second-order valence-electron chi connectivity index (χ2n) is 3.92. The van der Waals surface area contributed by atoms with E-state index in [9.17, 15) is 9.65 Å². The molecule has 2 aromatic carbocycles. The van der Waals surface area contributed by atoms with Gasteiger partial charge in [-0.05, 0) is 24.3 Å². The quantitative estimate of drug-likeness (QED) is 0.638. The highest BCUT2D eigenvalue weighted by Gasteiger charge is 2.15. The molecule has 0 saturated carbocycles. The molecule has 0 bridgehead atoms. The van der Waals surface area contributed by atoms with Crippen LogP contribution in [0, 0.1) is 17.1 Å². The fraction of sp³-hybridized carbons (Fsp3) is 0. The van der Waals surface area contributed by atoms with E-state index < -0.39 is 0 Å². The molecule has 0 N–H and O–H groups in total. The summed E-state index contributed by atoms with van der Waals surface area (Å²) in [5.74, 6) is 0.0649. The summed E-state index contributed by atoms with van der Waals surface area (Å²) in [6.07, 6.45) is 0. The predicted octanol–water partition coefficient (Wildman–Crippen LogP) is 4.11. The molecule has 0 aliphatic heterocycles. The van der Waals surface area contributed by atoms with Gasteiger partial charge < -0.3 is 4.42 Å². The summed E-state index contributed by atoms with van der Waals surface area (Å²) in [6.45, 7) is 0. The van der Waals surface area contributed by atoms with E-state index in [1.807, 2.05) is 18.2 Å². The fourth-order valence-corrected chi connectivity index (χ4v) is 1.99. The van der Waals surface area contributed by atoms with Crippen LogP contribution in [0.2, 0.25) is 0 Å². The molecule has 3 heteroatoms. The molecule has 0 amide bonds. The Morgan fingerprint density at radius 3 is 2.67 bits per heavy atom. The van der Waals surface area contributed by atoms with Crippen molar-refractivity contribution >= 4 is 11.0 Å². The number of furan rings is 1. The second-order valence-corrected chi connectivity index (χ2v) is 3.92. The van der Waals surface area contributed by atoms with Gasteiger partial charge in [0.2, 0.25) is 0 Å². The lowest BCUT2D eigenvalue weighted by molar-refractivity contribution is 0.617. The maximum atomic E-state index is 13.2. The summed E-state index contributed by atoms with van der Waals surface area (Å²) in [6, 6.07) is 15.4. The third kappa shape index (κ3) is 1.56. The van der Waals surface area contributed by atoms with Crippen molar-refractivity contribution in [2.75, 3.05) is 0 Å². The summed E-state index contributed by atoms with van der Waals surface area (Å²) in [5, 5.41) is 9.98. The fourth-order valence-electron chi connectivity index (χ4n) is 1.99. The van der Waals surface area contributed by atoms with Crippen LogP contribution in [0.3, 0.4) is 0 Å². The number of hydrogen-bond donors (Lipinski definition) is 0. The third-order valence-electron chi connectivity index (χ3n) is 2.79.